The lowest BCUT2D eigenvalue weighted by Crippen LogP contribution is -2.16. The topological polar surface area (TPSA) is 64.6 Å². The van der Waals surface area contributed by atoms with Gasteiger partial charge in [0.15, 0.2) is 0 Å². The second-order valence-corrected chi connectivity index (χ2v) is 5.37. The van der Waals surface area contributed by atoms with Crippen LogP contribution in [0.15, 0.2) is 48.5 Å². The zero-order valence-corrected chi connectivity index (χ0v) is 12.7. The van der Waals surface area contributed by atoms with E-state index in [1.165, 1.54) is 7.11 Å². The smallest absolute Gasteiger partial charge is 0.337 e. The van der Waals surface area contributed by atoms with Gasteiger partial charge in [-0.25, -0.2) is 4.79 Å². The average Bonchev–Trinajstić information content (AvgIpc) is 2.98. The van der Waals surface area contributed by atoms with E-state index >= 15 is 0 Å². The third-order valence-corrected chi connectivity index (χ3v) is 3.82. The molecule has 0 saturated heterocycles. The van der Waals surface area contributed by atoms with E-state index in [1.807, 2.05) is 24.3 Å². The second-order valence-electron chi connectivity index (χ2n) is 5.37. The fourth-order valence-corrected chi connectivity index (χ4v) is 2.64. The minimum atomic E-state index is -0.400. The Balaban J connectivity index is 1.61. The lowest BCUT2D eigenvalue weighted by Gasteiger charge is -2.10. The molecule has 1 aliphatic rings. The van der Waals surface area contributed by atoms with Gasteiger partial charge in [-0.15, -0.1) is 0 Å². The zero-order chi connectivity index (χ0) is 16.2. The predicted octanol–water partition coefficient (Wildman–Crippen LogP) is 2.98. The molecule has 2 aromatic carbocycles. The Bertz CT molecular complexity index is 724. The van der Waals surface area contributed by atoms with Crippen molar-refractivity contribution in [2.75, 3.05) is 19.0 Å². The number of methoxy groups -OCH3 is 1. The quantitative estimate of drug-likeness (QED) is 0.882. The van der Waals surface area contributed by atoms with Crippen molar-refractivity contribution in [1.82, 2.24) is 0 Å². The summed E-state index contributed by atoms with van der Waals surface area (Å²) in [6, 6.07) is 14.4. The lowest BCUT2D eigenvalue weighted by molar-refractivity contribution is -0.116. The van der Waals surface area contributed by atoms with Gasteiger partial charge in [0.2, 0.25) is 5.91 Å². The maximum atomic E-state index is 12.2. The average molecular weight is 311 g/mol. The molecule has 2 aromatic rings. The van der Waals surface area contributed by atoms with Crippen LogP contribution in [0.2, 0.25) is 0 Å². The normalized spacial score (nSPS) is 15.4. The summed E-state index contributed by atoms with van der Waals surface area (Å²) in [6.45, 7) is 0.522. The number of amides is 1. The molecule has 0 aliphatic carbocycles. The monoisotopic (exact) mass is 311 g/mol. The highest BCUT2D eigenvalue weighted by molar-refractivity contribution is 5.93. The Morgan fingerprint density at radius 3 is 2.65 bits per heavy atom. The minimum absolute atomic E-state index is 0.0699. The van der Waals surface area contributed by atoms with E-state index in [1.54, 1.807) is 24.3 Å². The summed E-state index contributed by atoms with van der Waals surface area (Å²) in [6.07, 6.45) is 0.357. The summed E-state index contributed by atoms with van der Waals surface area (Å²) < 4.78 is 10.2. The van der Waals surface area contributed by atoms with Gasteiger partial charge in [-0.1, -0.05) is 18.2 Å². The van der Waals surface area contributed by atoms with Gasteiger partial charge in [-0.05, 0) is 30.3 Å². The van der Waals surface area contributed by atoms with E-state index < -0.39 is 5.97 Å². The molecular weight excluding hydrogens is 294 g/mol. The van der Waals surface area contributed by atoms with Gasteiger partial charge < -0.3 is 14.8 Å². The van der Waals surface area contributed by atoms with E-state index in [-0.39, 0.29) is 11.8 Å². The molecule has 5 heteroatoms. The molecule has 0 aromatic heterocycles. The molecule has 5 nitrogen and oxygen atoms in total. The molecule has 1 N–H and O–H groups in total. The van der Waals surface area contributed by atoms with Crippen molar-refractivity contribution in [3.8, 4) is 5.75 Å². The van der Waals surface area contributed by atoms with Crippen LogP contribution in [0.3, 0.4) is 0 Å². The first-order chi connectivity index (χ1) is 11.2. The number of nitrogens with one attached hydrogen (secondary N) is 1. The van der Waals surface area contributed by atoms with E-state index in [2.05, 4.69) is 10.1 Å². The van der Waals surface area contributed by atoms with Crippen LogP contribution in [0.4, 0.5) is 5.69 Å². The van der Waals surface area contributed by atoms with E-state index in [0.717, 1.165) is 11.3 Å². The summed E-state index contributed by atoms with van der Waals surface area (Å²) >= 11 is 0. The number of para-hydroxylation sites is 1. The highest BCUT2D eigenvalue weighted by Crippen LogP contribution is 2.35. The molecule has 118 valence electrons. The number of hydrogen-bond donors (Lipinski definition) is 1. The van der Waals surface area contributed by atoms with Gasteiger partial charge >= 0.3 is 5.97 Å². The molecule has 1 amide bonds. The molecule has 0 radical (unpaired) electrons. The summed E-state index contributed by atoms with van der Waals surface area (Å²) in [4.78, 5) is 23.6. The highest BCUT2D eigenvalue weighted by atomic mass is 16.5. The molecule has 1 heterocycles. The van der Waals surface area contributed by atoms with Crippen LogP contribution in [0.5, 0.6) is 5.75 Å². The Kier molecular flexibility index (Phi) is 4.28. The molecule has 1 atom stereocenters. The zero-order valence-electron chi connectivity index (χ0n) is 12.7. The fraction of sp³-hybridized carbons (Fsp3) is 0.222. The predicted molar refractivity (Wildman–Crippen MR) is 85.7 cm³/mol. The number of carbonyl (C=O) groups excluding carboxylic acids is 2. The third-order valence-electron chi connectivity index (χ3n) is 3.82. The number of hydrogen-bond acceptors (Lipinski definition) is 4. The van der Waals surface area contributed by atoms with Gasteiger partial charge in [-0.3, -0.25) is 4.79 Å². The summed E-state index contributed by atoms with van der Waals surface area (Å²) in [5.74, 6) is 0.442. The number of fused-ring (bicyclic) bond motifs is 1. The van der Waals surface area contributed by atoms with Crippen molar-refractivity contribution < 1.29 is 19.1 Å². The summed E-state index contributed by atoms with van der Waals surface area (Å²) in [7, 11) is 1.33. The molecule has 0 bridgehead atoms. The van der Waals surface area contributed by atoms with Crippen molar-refractivity contribution in [2.24, 2.45) is 0 Å². The Labute approximate surface area is 134 Å². The number of benzene rings is 2. The first-order valence-corrected chi connectivity index (χ1v) is 7.37. The van der Waals surface area contributed by atoms with Crippen molar-refractivity contribution in [1.29, 1.82) is 0 Å². The van der Waals surface area contributed by atoms with E-state index in [9.17, 15) is 9.59 Å². The van der Waals surface area contributed by atoms with Crippen molar-refractivity contribution in [3.63, 3.8) is 0 Å². The number of esters is 1. The Morgan fingerprint density at radius 2 is 1.91 bits per heavy atom. The summed E-state index contributed by atoms with van der Waals surface area (Å²) in [5.41, 5.74) is 2.17. The van der Waals surface area contributed by atoms with Crippen molar-refractivity contribution in [2.45, 2.75) is 12.3 Å². The second kappa shape index (κ2) is 6.52. The van der Waals surface area contributed by atoms with Crippen LogP contribution in [0, 0.1) is 0 Å². The Hall–Kier alpha value is -2.82. The molecule has 0 saturated carbocycles. The largest absolute Gasteiger partial charge is 0.493 e. The maximum Gasteiger partial charge on any atom is 0.337 e. The van der Waals surface area contributed by atoms with Crippen LogP contribution in [0.1, 0.15) is 28.3 Å². The Morgan fingerprint density at radius 1 is 1.17 bits per heavy atom. The number of carbonyl (C=O) groups is 2. The van der Waals surface area contributed by atoms with Gasteiger partial charge in [0.05, 0.1) is 19.3 Å². The van der Waals surface area contributed by atoms with Crippen molar-refractivity contribution in [3.05, 3.63) is 59.7 Å². The molecule has 0 fully saturated rings. The number of ether oxygens (including phenoxy) is 2. The SMILES string of the molecule is COC(=O)c1ccc(NC(=O)CC2COc3ccccc32)cc1. The minimum Gasteiger partial charge on any atom is -0.493 e. The van der Waals surface area contributed by atoms with Gasteiger partial charge in [0.25, 0.3) is 0 Å². The van der Waals surface area contributed by atoms with Crippen LogP contribution in [-0.4, -0.2) is 25.6 Å². The number of anilines is 1. The van der Waals surface area contributed by atoms with Crippen molar-refractivity contribution >= 4 is 17.6 Å². The highest BCUT2D eigenvalue weighted by Gasteiger charge is 2.25. The van der Waals surface area contributed by atoms with Crippen LogP contribution in [-0.2, 0) is 9.53 Å². The van der Waals surface area contributed by atoms with E-state index in [0.29, 0.717) is 24.3 Å². The van der Waals surface area contributed by atoms with Crippen LogP contribution >= 0.6 is 0 Å². The molecule has 1 unspecified atom stereocenters. The van der Waals surface area contributed by atoms with Gasteiger partial charge in [0, 0.05) is 23.6 Å². The molecule has 3 rings (SSSR count). The number of rotatable bonds is 4. The molecular formula is C18H17NO4. The first kappa shape index (κ1) is 15.1. The lowest BCUT2D eigenvalue weighted by atomic mass is 9.97. The fourth-order valence-electron chi connectivity index (χ4n) is 2.64. The molecule has 1 aliphatic heterocycles. The van der Waals surface area contributed by atoms with Crippen LogP contribution in [0.25, 0.3) is 0 Å². The molecule has 0 spiro atoms. The standard InChI is InChI=1S/C18H17NO4/c1-22-18(21)12-6-8-14(9-7-12)19-17(20)10-13-11-23-16-5-3-2-4-15(13)16/h2-9,13H,10-11H2,1H3,(H,19,20). The van der Waals surface area contributed by atoms with E-state index in [4.69, 9.17) is 4.74 Å². The van der Waals surface area contributed by atoms with Crippen LogP contribution < -0.4 is 10.1 Å². The molecule has 23 heavy (non-hydrogen) atoms. The maximum absolute atomic E-state index is 12.2. The summed E-state index contributed by atoms with van der Waals surface area (Å²) in [5, 5.41) is 2.84. The van der Waals surface area contributed by atoms with Gasteiger partial charge in [-0.2, -0.15) is 0 Å². The third kappa shape index (κ3) is 3.34. The van der Waals surface area contributed by atoms with Gasteiger partial charge in [0.1, 0.15) is 5.75 Å². The first-order valence-electron chi connectivity index (χ1n) is 7.37.